The molecule has 0 spiro atoms. The molecule has 112 valence electrons. The van der Waals surface area contributed by atoms with E-state index in [-0.39, 0.29) is 22.8 Å². The van der Waals surface area contributed by atoms with E-state index in [9.17, 15) is 0 Å². The number of hydrogen-bond donors (Lipinski definition) is 2. The quantitative estimate of drug-likeness (QED) is 0.610. The number of hydrazine groups is 1. The highest BCUT2D eigenvalue weighted by atomic mass is 16.5. The van der Waals surface area contributed by atoms with Gasteiger partial charge in [-0.15, -0.1) is 0 Å². The molecule has 2 heterocycles. The van der Waals surface area contributed by atoms with Gasteiger partial charge in [-0.25, -0.2) is 0 Å². The van der Waals surface area contributed by atoms with Crippen LogP contribution in [-0.4, -0.2) is 29.5 Å². The fourth-order valence-electron chi connectivity index (χ4n) is 4.04. The van der Waals surface area contributed by atoms with E-state index in [4.69, 9.17) is 15.3 Å². The minimum Gasteiger partial charge on any atom is -0.374 e. The van der Waals surface area contributed by atoms with Gasteiger partial charge in [-0.3, -0.25) is 11.3 Å². The highest BCUT2D eigenvalue weighted by molar-refractivity contribution is 5.05. The van der Waals surface area contributed by atoms with Gasteiger partial charge in [-0.2, -0.15) is 0 Å². The highest BCUT2D eigenvalue weighted by Gasteiger charge is 2.53. The van der Waals surface area contributed by atoms with Crippen molar-refractivity contribution in [1.29, 1.82) is 0 Å². The highest BCUT2D eigenvalue weighted by Crippen LogP contribution is 2.47. The van der Waals surface area contributed by atoms with Crippen LogP contribution in [0.2, 0.25) is 0 Å². The summed E-state index contributed by atoms with van der Waals surface area (Å²) in [7, 11) is 0. The maximum absolute atomic E-state index is 6.22. The van der Waals surface area contributed by atoms with E-state index in [2.05, 4.69) is 40.0 Å². The Hall–Kier alpha value is -0.160. The number of nitrogens with one attached hydrogen (secondary N) is 1. The minimum absolute atomic E-state index is 0.0890. The molecule has 0 bridgehead atoms. The van der Waals surface area contributed by atoms with Crippen molar-refractivity contribution in [2.24, 2.45) is 11.8 Å². The van der Waals surface area contributed by atoms with Crippen molar-refractivity contribution in [2.45, 2.75) is 83.1 Å². The standard InChI is InChI=1S/C15H30N2O2/c1-13(2)10-11(14(3,4)19-13)12(17-16)15(5)8-6-7-9-18-15/h11-12,17H,6-10,16H2,1-5H3. The molecule has 2 rings (SSSR count). The van der Waals surface area contributed by atoms with Gasteiger partial charge < -0.3 is 9.47 Å². The van der Waals surface area contributed by atoms with Gasteiger partial charge >= 0.3 is 0 Å². The van der Waals surface area contributed by atoms with Crippen molar-refractivity contribution in [3.8, 4) is 0 Å². The Morgan fingerprint density at radius 2 is 1.84 bits per heavy atom. The molecule has 0 radical (unpaired) electrons. The van der Waals surface area contributed by atoms with E-state index < -0.39 is 0 Å². The van der Waals surface area contributed by atoms with Gasteiger partial charge in [0.05, 0.1) is 22.8 Å². The van der Waals surface area contributed by atoms with Crippen LogP contribution in [0, 0.1) is 5.92 Å². The molecule has 3 unspecified atom stereocenters. The van der Waals surface area contributed by atoms with Crippen molar-refractivity contribution in [2.75, 3.05) is 6.61 Å². The predicted octanol–water partition coefficient (Wildman–Crippen LogP) is 2.37. The summed E-state index contributed by atoms with van der Waals surface area (Å²) in [6.45, 7) is 11.7. The molecule has 0 aromatic rings. The molecule has 0 aromatic carbocycles. The largest absolute Gasteiger partial charge is 0.374 e. The Morgan fingerprint density at radius 3 is 2.26 bits per heavy atom. The summed E-state index contributed by atoms with van der Waals surface area (Å²) >= 11 is 0. The van der Waals surface area contributed by atoms with E-state index >= 15 is 0 Å². The number of hydrogen-bond acceptors (Lipinski definition) is 4. The van der Waals surface area contributed by atoms with Crippen LogP contribution in [-0.2, 0) is 9.47 Å². The molecular formula is C15H30N2O2. The Kier molecular flexibility index (Phi) is 4.00. The van der Waals surface area contributed by atoms with E-state index in [1.165, 1.54) is 6.42 Å². The molecular weight excluding hydrogens is 240 g/mol. The van der Waals surface area contributed by atoms with Gasteiger partial charge in [-0.1, -0.05) is 0 Å². The van der Waals surface area contributed by atoms with Crippen molar-refractivity contribution < 1.29 is 9.47 Å². The number of nitrogens with two attached hydrogens (primary N) is 1. The van der Waals surface area contributed by atoms with Gasteiger partial charge in [-0.05, 0) is 60.3 Å². The molecule has 2 aliphatic rings. The summed E-state index contributed by atoms with van der Waals surface area (Å²) < 4.78 is 12.3. The van der Waals surface area contributed by atoms with Crippen LogP contribution in [0.5, 0.6) is 0 Å². The van der Waals surface area contributed by atoms with Crippen molar-refractivity contribution in [3.63, 3.8) is 0 Å². The fourth-order valence-corrected chi connectivity index (χ4v) is 4.04. The van der Waals surface area contributed by atoms with Gasteiger partial charge in [0.1, 0.15) is 0 Å². The van der Waals surface area contributed by atoms with E-state index in [0.717, 1.165) is 25.9 Å². The molecule has 4 nitrogen and oxygen atoms in total. The second-order valence-electron chi connectivity index (χ2n) is 7.54. The first-order valence-electron chi connectivity index (χ1n) is 7.50. The van der Waals surface area contributed by atoms with Gasteiger partial charge in [0.2, 0.25) is 0 Å². The molecule has 2 aliphatic heterocycles. The summed E-state index contributed by atoms with van der Waals surface area (Å²) in [6, 6.07) is 0.129. The Bertz CT molecular complexity index is 322. The average molecular weight is 270 g/mol. The minimum atomic E-state index is -0.182. The lowest BCUT2D eigenvalue weighted by Crippen LogP contribution is -2.60. The zero-order valence-corrected chi connectivity index (χ0v) is 13.1. The molecule has 19 heavy (non-hydrogen) atoms. The summed E-state index contributed by atoms with van der Waals surface area (Å²) in [5, 5.41) is 0. The van der Waals surface area contributed by atoms with Gasteiger partial charge in [0, 0.05) is 12.5 Å². The van der Waals surface area contributed by atoms with Crippen LogP contribution < -0.4 is 11.3 Å². The monoisotopic (exact) mass is 270 g/mol. The van der Waals surface area contributed by atoms with Crippen LogP contribution in [0.25, 0.3) is 0 Å². The zero-order valence-electron chi connectivity index (χ0n) is 13.1. The molecule has 2 fully saturated rings. The number of rotatable bonds is 3. The fraction of sp³-hybridized carbons (Fsp3) is 1.00. The van der Waals surface area contributed by atoms with Crippen LogP contribution >= 0.6 is 0 Å². The third-order valence-electron chi connectivity index (χ3n) is 4.88. The predicted molar refractivity (Wildman–Crippen MR) is 76.7 cm³/mol. The SMILES string of the molecule is CC1(C)CC(C(NN)C2(C)CCCCO2)C(C)(C)O1. The summed E-state index contributed by atoms with van der Waals surface area (Å²) in [5.41, 5.74) is 2.60. The number of ether oxygens (including phenoxy) is 2. The second kappa shape index (κ2) is 4.99. The normalized spacial score (nSPS) is 39.2. The lowest BCUT2D eigenvalue weighted by atomic mass is 9.73. The molecule has 0 aromatic heterocycles. The molecule has 3 atom stereocenters. The molecule has 3 N–H and O–H groups in total. The summed E-state index contributed by atoms with van der Waals surface area (Å²) in [6.07, 6.45) is 4.44. The molecule has 0 aliphatic carbocycles. The van der Waals surface area contributed by atoms with Crippen molar-refractivity contribution >= 4 is 0 Å². The Morgan fingerprint density at radius 1 is 1.16 bits per heavy atom. The van der Waals surface area contributed by atoms with Gasteiger partial charge in [0.25, 0.3) is 0 Å². The van der Waals surface area contributed by atoms with E-state index in [1.807, 2.05) is 0 Å². The zero-order chi connectivity index (χ0) is 14.3. The maximum atomic E-state index is 6.22. The molecule has 0 saturated carbocycles. The van der Waals surface area contributed by atoms with Crippen LogP contribution in [0.1, 0.15) is 60.3 Å². The van der Waals surface area contributed by atoms with Gasteiger partial charge in [0.15, 0.2) is 0 Å². The summed E-state index contributed by atoms with van der Waals surface area (Å²) in [4.78, 5) is 0. The Balaban J connectivity index is 2.22. The first kappa shape index (κ1) is 15.2. The van der Waals surface area contributed by atoms with Crippen LogP contribution in [0.15, 0.2) is 0 Å². The summed E-state index contributed by atoms with van der Waals surface area (Å²) in [5.74, 6) is 6.25. The first-order valence-corrected chi connectivity index (χ1v) is 7.50. The van der Waals surface area contributed by atoms with Crippen LogP contribution in [0.3, 0.4) is 0 Å². The van der Waals surface area contributed by atoms with E-state index in [0.29, 0.717) is 5.92 Å². The van der Waals surface area contributed by atoms with Crippen LogP contribution in [0.4, 0.5) is 0 Å². The van der Waals surface area contributed by atoms with Crippen molar-refractivity contribution in [1.82, 2.24) is 5.43 Å². The topological polar surface area (TPSA) is 56.5 Å². The third kappa shape index (κ3) is 2.97. The Labute approximate surface area is 117 Å². The van der Waals surface area contributed by atoms with Crippen molar-refractivity contribution in [3.05, 3.63) is 0 Å². The molecule has 0 amide bonds. The lowest BCUT2D eigenvalue weighted by Gasteiger charge is -2.45. The molecule has 2 saturated heterocycles. The lowest BCUT2D eigenvalue weighted by molar-refractivity contribution is -0.124. The van der Waals surface area contributed by atoms with E-state index in [1.54, 1.807) is 0 Å². The smallest absolute Gasteiger partial charge is 0.0824 e. The average Bonchev–Trinajstić information content (AvgIpc) is 2.48. The first-order chi connectivity index (χ1) is 8.70. The second-order valence-corrected chi connectivity index (χ2v) is 7.54. The third-order valence-corrected chi connectivity index (χ3v) is 4.88. The molecule has 4 heteroatoms. The maximum Gasteiger partial charge on any atom is 0.0824 e.